The van der Waals surface area contributed by atoms with Crippen molar-refractivity contribution in [1.29, 1.82) is 0 Å². The molecule has 1 saturated heterocycles. The van der Waals surface area contributed by atoms with Crippen molar-refractivity contribution in [3.8, 4) is 0 Å². The lowest BCUT2D eigenvalue weighted by atomic mass is 9.98. The lowest BCUT2D eigenvalue weighted by molar-refractivity contribution is -0.301. The van der Waals surface area contributed by atoms with Crippen LogP contribution in [0.2, 0.25) is 0 Å². The molecule has 1 aliphatic rings. The molecule has 0 aliphatic carbocycles. The Morgan fingerprint density at radius 3 is 1.29 bits per heavy atom. The van der Waals surface area contributed by atoms with Crippen LogP contribution in [0.5, 0.6) is 0 Å². The van der Waals surface area contributed by atoms with E-state index in [2.05, 4.69) is 106 Å². The minimum absolute atomic E-state index is 0.0465. The van der Waals surface area contributed by atoms with E-state index in [-0.39, 0.29) is 25.9 Å². The lowest BCUT2D eigenvalue weighted by Gasteiger charge is -2.40. The molecule has 1 fully saturated rings. The zero-order valence-corrected chi connectivity index (χ0v) is 48.4. The van der Waals surface area contributed by atoms with Crippen LogP contribution in [0, 0.1) is 0 Å². The van der Waals surface area contributed by atoms with Crippen LogP contribution in [0.15, 0.2) is 85.1 Å². The summed E-state index contributed by atoms with van der Waals surface area (Å²) in [7, 11) is 0. The van der Waals surface area contributed by atoms with Crippen LogP contribution < -0.4 is 0 Å². The van der Waals surface area contributed by atoms with Crippen molar-refractivity contribution in [2.24, 2.45) is 0 Å². The largest absolute Gasteiger partial charge is 0.479 e. The average Bonchev–Trinajstić information content (AvgIpc) is 3.41. The van der Waals surface area contributed by atoms with E-state index in [1.54, 1.807) is 0 Å². The van der Waals surface area contributed by atoms with Crippen LogP contribution >= 0.6 is 0 Å². The van der Waals surface area contributed by atoms with Crippen molar-refractivity contribution in [1.82, 2.24) is 0 Å². The van der Waals surface area contributed by atoms with E-state index in [1.807, 2.05) is 0 Å². The van der Waals surface area contributed by atoms with Crippen molar-refractivity contribution >= 4 is 23.9 Å². The highest BCUT2D eigenvalue weighted by atomic mass is 16.7. The Balaban J connectivity index is 2.68. The van der Waals surface area contributed by atoms with Gasteiger partial charge < -0.3 is 39.0 Å². The van der Waals surface area contributed by atoms with E-state index in [0.29, 0.717) is 19.3 Å². The van der Waals surface area contributed by atoms with Gasteiger partial charge in [-0.15, -0.1) is 0 Å². The van der Waals surface area contributed by atoms with Gasteiger partial charge in [0.1, 0.15) is 18.8 Å². The van der Waals surface area contributed by atoms with Gasteiger partial charge in [-0.3, -0.25) is 14.4 Å². The zero-order valence-electron chi connectivity index (χ0n) is 48.4. The van der Waals surface area contributed by atoms with Gasteiger partial charge in [-0.05, 0) is 96.3 Å². The van der Waals surface area contributed by atoms with Gasteiger partial charge in [-0.1, -0.05) is 221 Å². The van der Waals surface area contributed by atoms with Crippen molar-refractivity contribution in [2.75, 3.05) is 13.2 Å². The maximum atomic E-state index is 13.1. The second-order valence-electron chi connectivity index (χ2n) is 20.6. The first kappa shape index (κ1) is 70.9. The van der Waals surface area contributed by atoms with Crippen molar-refractivity contribution in [3.63, 3.8) is 0 Å². The van der Waals surface area contributed by atoms with Gasteiger partial charge in [0.2, 0.25) is 0 Å². The standard InChI is InChI=1S/C65H108O12/c1-4-7-10-13-16-19-22-24-26-28-29-31-32-34-37-39-42-45-48-51-57(66)73-54-56(75-58(67)52-49-46-43-40-36-21-18-15-12-9-6-3)55-74-65-63(61(70)60(69)62(77-65)64(71)72)76-59(68)53-50-47-44-41-38-35-33-30-27-25-23-20-17-14-11-8-5-2/h7,10,16-17,19-20,24-27,29,31,34,37,56,60-63,65,69-70H,4-6,8-9,11-15,18,21-23,28,30,32-33,35-36,38-55H2,1-3H3,(H,71,72)/b10-7-,19-16-,20-17-,26-24-,27-25-,31-29-,37-34-. The number of aliphatic carboxylic acids is 1. The summed E-state index contributed by atoms with van der Waals surface area (Å²) in [6.07, 6.45) is 55.5. The Hall–Kier alpha value is -4.10. The number of carboxylic acids is 1. The molecule has 0 radical (unpaired) electrons. The second-order valence-corrected chi connectivity index (χ2v) is 20.6. The molecule has 1 heterocycles. The summed E-state index contributed by atoms with van der Waals surface area (Å²) < 4.78 is 28.4. The third-order valence-electron chi connectivity index (χ3n) is 13.5. The number of rotatable bonds is 51. The van der Waals surface area contributed by atoms with Gasteiger partial charge in [-0.2, -0.15) is 0 Å². The SMILES string of the molecule is CC/C=C\C/C=C\C/C=C\C/C=C\C/C=C\CCCCCC(=O)OCC(COC1OC(C(=O)O)C(O)C(O)C1OC(=O)CCCCCCCCC/C=C\C/C=C\CCCCC)OC(=O)CCCCCCCCCCCCC. The maximum absolute atomic E-state index is 13.1. The fourth-order valence-corrected chi connectivity index (χ4v) is 8.78. The van der Waals surface area contributed by atoms with Gasteiger partial charge in [0, 0.05) is 19.3 Å². The van der Waals surface area contributed by atoms with Crippen LogP contribution in [0.1, 0.15) is 252 Å². The summed E-state index contributed by atoms with van der Waals surface area (Å²) in [4.78, 5) is 51.1. The summed E-state index contributed by atoms with van der Waals surface area (Å²) in [6.45, 7) is 5.82. The molecule has 12 heteroatoms. The molecule has 1 rings (SSSR count). The molecule has 6 unspecified atom stereocenters. The zero-order chi connectivity index (χ0) is 56.1. The molecule has 0 saturated carbocycles. The van der Waals surface area contributed by atoms with Crippen LogP contribution in [-0.2, 0) is 42.9 Å². The molecule has 0 spiro atoms. The summed E-state index contributed by atoms with van der Waals surface area (Å²) in [5.74, 6) is -3.17. The van der Waals surface area contributed by atoms with E-state index in [9.17, 15) is 34.5 Å². The number of esters is 3. The summed E-state index contributed by atoms with van der Waals surface area (Å²) >= 11 is 0. The molecule has 0 aromatic heterocycles. The number of hydrogen-bond donors (Lipinski definition) is 3. The monoisotopic (exact) mass is 1080 g/mol. The number of allylic oxidation sites excluding steroid dienone is 14. The Morgan fingerprint density at radius 2 is 0.818 bits per heavy atom. The number of unbranched alkanes of at least 4 members (excludes halogenated alkanes) is 23. The summed E-state index contributed by atoms with van der Waals surface area (Å²) in [6, 6.07) is 0. The molecule has 12 nitrogen and oxygen atoms in total. The van der Waals surface area contributed by atoms with Gasteiger partial charge >= 0.3 is 23.9 Å². The van der Waals surface area contributed by atoms with Gasteiger partial charge in [0.05, 0.1) is 6.61 Å². The number of aliphatic hydroxyl groups is 2. The number of carbonyl (C=O) groups is 4. The topological polar surface area (TPSA) is 175 Å². The molecule has 1 aliphatic heterocycles. The third kappa shape index (κ3) is 42.5. The molecule has 3 N–H and O–H groups in total. The average molecular weight is 1080 g/mol. The molecule has 440 valence electrons. The predicted molar refractivity (Wildman–Crippen MR) is 312 cm³/mol. The van der Waals surface area contributed by atoms with E-state index in [1.165, 1.54) is 64.2 Å². The normalized spacial score (nSPS) is 18.6. The Morgan fingerprint density at radius 1 is 0.442 bits per heavy atom. The number of hydrogen-bond acceptors (Lipinski definition) is 11. The Bertz CT molecular complexity index is 1660. The first-order valence-corrected chi connectivity index (χ1v) is 30.6. The van der Waals surface area contributed by atoms with Gasteiger partial charge in [0.15, 0.2) is 24.6 Å². The minimum atomic E-state index is -1.91. The molecule has 0 bridgehead atoms. The van der Waals surface area contributed by atoms with Crippen molar-refractivity contribution < 1.29 is 58.2 Å². The van der Waals surface area contributed by atoms with Crippen LogP contribution in [-0.4, -0.2) is 89.2 Å². The molecular weight excluding hydrogens is 973 g/mol. The quantitative estimate of drug-likeness (QED) is 0.0228. The van der Waals surface area contributed by atoms with Crippen LogP contribution in [0.25, 0.3) is 0 Å². The third-order valence-corrected chi connectivity index (χ3v) is 13.5. The minimum Gasteiger partial charge on any atom is -0.479 e. The van der Waals surface area contributed by atoms with E-state index in [4.69, 9.17) is 23.7 Å². The number of carboxylic acid groups (broad SMARTS) is 1. The van der Waals surface area contributed by atoms with Crippen molar-refractivity contribution in [2.45, 2.75) is 289 Å². The fraction of sp³-hybridized carbons (Fsp3) is 0.723. The van der Waals surface area contributed by atoms with Crippen LogP contribution in [0.3, 0.4) is 0 Å². The lowest BCUT2D eigenvalue weighted by Crippen LogP contribution is -2.61. The Kier molecular flexibility index (Phi) is 48.4. The van der Waals surface area contributed by atoms with Gasteiger partial charge in [-0.25, -0.2) is 4.79 Å². The first-order valence-electron chi connectivity index (χ1n) is 30.6. The smallest absolute Gasteiger partial charge is 0.335 e. The van der Waals surface area contributed by atoms with Gasteiger partial charge in [0.25, 0.3) is 0 Å². The summed E-state index contributed by atoms with van der Waals surface area (Å²) in [5, 5.41) is 31.5. The van der Waals surface area contributed by atoms with Crippen LogP contribution in [0.4, 0.5) is 0 Å². The molecule has 0 amide bonds. The van der Waals surface area contributed by atoms with E-state index >= 15 is 0 Å². The highest BCUT2D eigenvalue weighted by Gasteiger charge is 2.50. The number of aliphatic hydroxyl groups excluding tert-OH is 2. The first-order chi connectivity index (χ1) is 37.6. The second kappa shape index (κ2) is 52.6. The maximum Gasteiger partial charge on any atom is 0.335 e. The predicted octanol–water partition coefficient (Wildman–Crippen LogP) is 15.9. The molecule has 0 aromatic rings. The Labute approximate surface area is 467 Å². The summed E-state index contributed by atoms with van der Waals surface area (Å²) in [5.41, 5.74) is 0. The molecule has 6 atom stereocenters. The van der Waals surface area contributed by atoms with Crippen molar-refractivity contribution in [3.05, 3.63) is 85.1 Å². The molecule has 77 heavy (non-hydrogen) atoms. The fourth-order valence-electron chi connectivity index (χ4n) is 8.78. The number of ether oxygens (including phenoxy) is 5. The number of carbonyl (C=O) groups excluding carboxylic acids is 3. The van der Waals surface area contributed by atoms with E-state index < -0.39 is 67.3 Å². The van der Waals surface area contributed by atoms with E-state index in [0.717, 1.165) is 128 Å². The highest BCUT2D eigenvalue weighted by Crippen LogP contribution is 2.26. The molecular formula is C65H108O12. The highest BCUT2D eigenvalue weighted by molar-refractivity contribution is 5.74. The molecule has 0 aromatic carbocycles.